The summed E-state index contributed by atoms with van der Waals surface area (Å²) >= 11 is 0. The van der Waals surface area contributed by atoms with Gasteiger partial charge in [-0.05, 0) is 129 Å². The molecule has 0 aromatic heterocycles. The molecule has 1 atom stereocenters. The second-order valence-electron chi connectivity index (χ2n) is 16.8. The van der Waals surface area contributed by atoms with Gasteiger partial charge < -0.3 is 13.8 Å². The second-order valence-corrected chi connectivity index (χ2v) is 23.7. The van der Waals surface area contributed by atoms with E-state index in [-0.39, 0.29) is 21.8 Å². The molecule has 4 saturated carbocycles. The van der Waals surface area contributed by atoms with Gasteiger partial charge in [-0.2, -0.15) is 8.78 Å². The number of hydrogen-bond acceptors (Lipinski definition) is 8. The predicted octanol–water partition coefficient (Wildman–Crippen LogP) is 11.3. The molecule has 4 aliphatic rings. The average molecular weight is 991 g/mol. The summed E-state index contributed by atoms with van der Waals surface area (Å²) in [4.78, 5) is 20.6. The Bertz CT molecular complexity index is 2320. The molecule has 0 aliphatic heterocycles. The molecule has 0 N–H and O–H groups in total. The van der Waals surface area contributed by atoms with E-state index in [1.807, 2.05) is 0 Å². The largest absolute Gasteiger partial charge is 0.748 e. The number of ether oxygens (including phenoxy) is 1. The number of benzene rings is 6. The lowest BCUT2D eigenvalue weighted by molar-refractivity contribution is -0.172. The summed E-state index contributed by atoms with van der Waals surface area (Å²) in [6.45, 7) is -0.660. The first-order chi connectivity index (χ1) is 31.9. The van der Waals surface area contributed by atoms with Crippen LogP contribution in [0.1, 0.15) is 44.9 Å². The van der Waals surface area contributed by atoms with Crippen molar-refractivity contribution in [1.82, 2.24) is 0 Å². The average Bonchev–Trinajstić information content (AvgIpc) is 3.30. The number of carbonyl (C=O) groups excluding carboxylic acids is 1. The molecule has 0 spiro atoms. The molecule has 0 saturated heterocycles. The van der Waals surface area contributed by atoms with E-state index < -0.39 is 56.1 Å². The minimum absolute atomic E-state index is 0.0146. The van der Waals surface area contributed by atoms with Crippen molar-refractivity contribution in [2.45, 2.75) is 85.7 Å². The van der Waals surface area contributed by atoms with Gasteiger partial charge in [0.25, 0.3) is 0 Å². The number of halogens is 3. The van der Waals surface area contributed by atoms with Gasteiger partial charge in [0.05, 0.1) is 43.9 Å². The zero-order valence-corrected chi connectivity index (χ0v) is 40.1. The minimum atomic E-state index is -6.09. The van der Waals surface area contributed by atoms with Gasteiger partial charge in [-0.3, -0.25) is 4.79 Å². The van der Waals surface area contributed by atoms with Gasteiger partial charge in [-0.15, -0.1) is 0 Å². The smallest absolute Gasteiger partial charge is 0.364 e. The van der Waals surface area contributed by atoms with Crippen LogP contribution in [0.2, 0.25) is 0 Å². The maximum Gasteiger partial charge on any atom is 0.364 e. The van der Waals surface area contributed by atoms with Crippen molar-refractivity contribution in [1.29, 1.82) is 0 Å². The van der Waals surface area contributed by atoms with Crippen molar-refractivity contribution < 1.29 is 48.6 Å². The summed E-state index contributed by atoms with van der Waals surface area (Å²) in [6.07, 6.45) is 1.92. The van der Waals surface area contributed by atoms with Crippen LogP contribution in [-0.4, -0.2) is 56.2 Å². The van der Waals surface area contributed by atoms with Gasteiger partial charge in [0.2, 0.25) is 0 Å². The van der Waals surface area contributed by atoms with Gasteiger partial charge in [0.1, 0.15) is 0 Å². The molecular formula is C52H53F3O8S4. The van der Waals surface area contributed by atoms with Crippen molar-refractivity contribution >= 4 is 48.0 Å². The van der Waals surface area contributed by atoms with Crippen LogP contribution in [0.5, 0.6) is 0 Å². The molecule has 6 aromatic carbocycles. The van der Waals surface area contributed by atoms with Crippen molar-refractivity contribution in [2.24, 2.45) is 23.2 Å². The molecule has 0 radical (unpaired) electrons. The number of carbonyl (C=O) groups is 1. The van der Waals surface area contributed by atoms with Crippen molar-refractivity contribution in [3.8, 4) is 0 Å². The van der Waals surface area contributed by atoms with E-state index in [0.717, 1.165) is 38.5 Å². The third-order valence-electron chi connectivity index (χ3n) is 11.6. The van der Waals surface area contributed by atoms with E-state index >= 15 is 0 Å². The number of rotatable bonds is 12. The van der Waals surface area contributed by atoms with Gasteiger partial charge in [-0.1, -0.05) is 109 Å². The fourth-order valence-corrected chi connectivity index (χ4v) is 13.9. The summed E-state index contributed by atoms with van der Waals surface area (Å²) in [5, 5.41) is -5.01. The summed E-state index contributed by atoms with van der Waals surface area (Å²) in [5.41, 5.74) is -0.590. The van der Waals surface area contributed by atoms with Crippen LogP contribution >= 0.6 is 0 Å². The van der Waals surface area contributed by atoms with E-state index in [2.05, 4.69) is 182 Å². The molecule has 4 bridgehead atoms. The zero-order valence-electron chi connectivity index (χ0n) is 36.8. The van der Waals surface area contributed by atoms with Gasteiger partial charge >= 0.3 is 11.2 Å². The first kappa shape index (κ1) is 51.5. The van der Waals surface area contributed by atoms with Crippen LogP contribution in [0.3, 0.4) is 0 Å². The maximum atomic E-state index is 13.4. The first-order valence-corrected chi connectivity index (χ1v) is 27.5. The van der Waals surface area contributed by atoms with E-state index in [9.17, 15) is 30.9 Å². The third kappa shape index (κ3) is 14.6. The lowest BCUT2D eigenvalue weighted by atomic mass is 9.49. The van der Waals surface area contributed by atoms with Crippen molar-refractivity contribution in [2.75, 3.05) is 12.9 Å². The third-order valence-corrected chi connectivity index (χ3v) is 17.0. The molecule has 1 unspecified atom stereocenters. The lowest BCUT2D eigenvalue weighted by Gasteiger charge is -2.55. The number of hydrogen-bond donors (Lipinski definition) is 0. The van der Waals surface area contributed by atoms with Crippen molar-refractivity contribution in [3.63, 3.8) is 0 Å². The van der Waals surface area contributed by atoms with Crippen molar-refractivity contribution in [3.05, 3.63) is 182 Å². The molecule has 6 aromatic rings. The van der Waals surface area contributed by atoms with Crippen LogP contribution in [-0.2, 0) is 51.6 Å². The second kappa shape index (κ2) is 23.4. The van der Waals surface area contributed by atoms with Crippen LogP contribution in [0.4, 0.5) is 13.2 Å². The van der Waals surface area contributed by atoms with E-state index in [1.54, 1.807) is 0 Å². The molecule has 0 amide bonds. The fourth-order valence-electron chi connectivity index (χ4n) is 9.25. The molecule has 10 rings (SSSR count). The minimum Gasteiger partial charge on any atom is -0.748 e. The van der Waals surface area contributed by atoms with E-state index in [0.29, 0.717) is 24.0 Å². The number of esters is 1. The molecule has 15 heteroatoms. The predicted molar refractivity (Wildman–Crippen MR) is 254 cm³/mol. The topological polar surface area (TPSA) is 141 Å². The first-order valence-electron chi connectivity index (χ1n) is 21.8. The van der Waals surface area contributed by atoms with Crippen LogP contribution in [0.25, 0.3) is 0 Å². The Hall–Kier alpha value is -4.90. The van der Waals surface area contributed by atoms with E-state index in [1.165, 1.54) is 29.4 Å². The highest BCUT2D eigenvalue weighted by molar-refractivity contribution is 7.97. The normalized spacial score (nSPS) is 20.0. The Morgan fingerprint density at radius 3 is 1.03 bits per heavy atom. The highest BCUT2D eigenvalue weighted by Crippen LogP contribution is 2.60. The highest BCUT2D eigenvalue weighted by Gasteiger charge is 2.55. The molecule has 4 fully saturated rings. The van der Waals surface area contributed by atoms with Crippen LogP contribution < -0.4 is 0 Å². The van der Waals surface area contributed by atoms with Gasteiger partial charge in [0.15, 0.2) is 45.7 Å². The molecule has 0 heterocycles. The van der Waals surface area contributed by atoms with Crippen LogP contribution in [0, 0.1) is 23.2 Å². The quantitative estimate of drug-likeness (QED) is 0.0670. The number of alkyl halides is 3. The standard InChI is InChI=1S/2C18H15S.C15H21F3O5S.CH4O3S/c2*1-4-10-16(11-5-1)19(17-12-6-2-7-13-17)18-14-8-3-9-15-18;16-12(15(17,18)24(20,21)22)1-2-23-13(19)14-6-9-3-10(7-14)5-11(4-9)8-14;1-5(2,3)4/h2*1-15H;9-12H,1-8H2,(H,20,21,22);1H3,(H,2,3,4)/q2*+1;;/p-2. The summed E-state index contributed by atoms with van der Waals surface area (Å²) < 4.78 is 103. The molecule has 67 heavy (non-hydrogen) atoms. The Morgan fingerprint density at radius 1 is 0.567 bits per heavy atom. The molecule has 4 aliphatic carbocycles. The lowest BCUT2D eigenvalue weighted by Crippen LogP contribution is -2.50. The molecular weight excluding hydrogens is 938 g/mol. The molecule has 354 valence electrons. The monoisotopic (exact) mass is 990 g/mol. The van der Waals surface area contributed by atoms with Crippen LogP contribution in [0.15, 0.2) is 211 Å². The summed E-state index contributed by atoms with van der Waals surface area (Å²) in [5.74, 6) is 0.982. The van der Waals surface area contributed by atoms with E-state index in [4.69, 9.17) is 17.7 Å². The Labute approximate surface area is 398 Å². The zero-order chi connectivity index (χ0) is 48.1. The summed E-state index contributed by atoms with van der Waals surface area (Å²) in [6, 6.07) is 64.3. The van der Waals surface area contributed by atoms with Gasteiger partial charge in [-0.25, -0.2) is 21.2 Å². The van der Waals surface area contributed by atoms with Gasteiger partial charge in [0, 0.05) is 12.7 Å². The Kier molecular flexibility index (Phi) is 18.0. The Morgan fingerprint density at radius 2 is 0.806 bits per heavy atom. The summed E-state index contributed by atoms with van der Waals surface area (Å²) in [7, 11) is -10.0. The highest BCUT2D eigenvalue weighted by atomic mass is 32.2. The Balaban J connectivity index is 0.000000159. The SMILES string of the molecule is CS(=O)(=O)[O-].O=C(OCCC(F)C(F)(F)S(=O)(=O)[O-])C12CC3CC(CC(C3)C1)C2.c1ccc([S+](c2ccccc2)c2ccccc2)cc1.c1ccc([S+](c2ccccc2)c2ccccc2)cc1. The maximum absolute atomic E-state index is 13.4. The molecule has 8 nitrogen and oxygen atoms in total. The fraction of sp³-hybridized carbons (Fsp3) is 0.288.